The largest absolute Gasteiger partial charge is 0.310 e. The van der Waals surface area contributed by atoms with Crippen molar-refractivity contribution in [1.29, 1.82) is 0 Å². The van der Waals surface area contributed by atoms with Crippen LogP contribution in [0.5, 0.6) is 0 Å². The predicted molar refractivity (Wildman–Crippen MR) is 425 cm³/mol. The molecule has 0 N–H and O–H groups in total. The summed E-state index contributed by atoms with van der Waals surface area (Å²) in [6.07, 6.45) is 0. The smallest absolute Gasteiger partial charge is 0.0468 e. The number of benzene rings is 17. The Balaban J connectivity index is 0.000000143. The van der Waals surface area contributed by atoms with E-state index in [2.05, 4.69) is 386 Å². The van der Waals surface area contributed by atoms with Crippen LogP contribution in [0, 0.1) is 0 Å². The molecule has 19 aromatic rings. The van der Waals surface area contributed by atoms with E-state index in [1.54, 1.807) is 0 Å². The Morgan fingerprint density at radius 3 is 0.837 bits per heavy atom. The Bertz CT molecular complexity index is 6140. The topological polar surface area (TPSA) is 6.48 Å². The van der Waals surface area contributed by atoms with Gasteiger partial charge >= 0.3 is 0 Å². The average molecular weight is 1280 g/mol. The Morgan fingerprint density at radius 2 is 0.439 bits per heavy atom. The number of fused-ring (bicyclic) bond motifs is 14. The molecule has 17 aromatic carbocycles. The van der Waals surface area contributed by atoms with Crippen molar-refractivity contribution >= 4 is 140 Å². The second-order valence-electron chi connectivity index (χ2n) is 25.1. The number of nitrogens with zero attached hydrogens (tertiary/aromatic N) is 2. The lowest BCUT2D eigenvalue weighted by atomic mass is 9.98. The SMILES string of the molecule is c1ccc(-c2ccc(N(c3ccc(-c4cccc(-c5ccccc5)c4)cc3)c3ccc4c(ccc5ccc6c7ccccc7sc6c54)c3)cc2)cc1.c1ccc(-c2cccc(-c3ccc(N(c4ccccc4)c4ccc5c(ccc6ccc7c8ccccc8sc7c65)c4)cc3)c2)cc1. The van der Waals surface area contributed by atoms with Gasteiger partial charge in [0.1, 0.15) is 0 Å². The number of thiophene rings is 2. The Labute approximate surface area is 577 Å². The summed E-state index contributed by atoms with van der Waals surface area (Å²) in [5.74, 6) is 0. The molecule has 0 radical (unpaired) electrons. The Hall–Kier alpha value is -12.2. The maximum Gasteiger partial charge on any atom is 0.0468 e. The van der Waals surface area contributed by atoms with Crippen molar-refractivity contribution in [3.8, 4) is 55.6 Å². The second kappa shape index (κ2) is 25.2. The van der Waals surface area contributed by atoms with Crippen LogP contribution in [0.4, 0.5) is 34.1 Å². The fourth-order valence-electron chi connectivity index (χ4n) is 14.4. The van der Waals surface area contributed by atoms with Crippen LogP contribution < -0.4 is 9.80 Å². The van der Waals surface area contributed by atoms with Gasteiger partial charge in [0.2, 0.25) is 0 Å². The first-order valence-electron chi connectivity index (χ1n) is 33.4. The van der Waals surface area contributed by atoms with Gasteiger partial charge in [0, 0.05) is 85.2 Å². The molecule has 460 valence electrons. The lowest BCUT2D eigenvalue weighted by Gasteiger charge is -2.26. The van der Waals surface area contributed by atoms with Gasteiger partial charge in [-0.25, -0.2) is 0 Å². The van der Waals surface area contributed by atoms with Gasteiger partial charge < -0.3 is 9.80 Å². The lowest BCUT2D eigenvalue weighted by molar-refractivity contribution is 1.29. The molecule has 0 aliphatic carbocycles. The van der Waals surface area contributed by atoms with Gasteiger partial charge in [-0.3, -0.25) is 0 Å². The number of anilines is 6. The van der Waals surface area contributed by atoms with Crippen molar-refractivity contribution in [2.75, 3.05) is 9.80 Å². The fraction of sp³-hybridized carbons (Fsp3) is 0. The standard InChI is InChI=1S/C50H33NS.C44H29NS/c1-3-10-34(11-4-1)36-20-25-42(26-21-36)51(43-27-22-37(23-28-43)40-15-9-14-39(32-40)35-12-5-2-6-13-35)44-29-31-45-41(33-44)19-18-38-24-30-47-46-16-7-8-17-48(46)52-50(47)49(38)45;1-3-10-30(11-4-1)33-12-9-13-34(28-33)31-20-23-37(24-21-31)45(36-14-5-2-6-15-36)38-25-27-39-35(29-38)19-18-32-22-26-41-40-16-7-8-17-42(40)46-44(41)43(32)39/h1-33H;1-29H. The Kier molecular flexibility index (Phi) is 15.0. The van der Waals surface area contributed by atoms with E-state index >= 15 is 0 Å². The van der Waals surface area contributed by atoms with Gasteiger partial charge in [-0.2, -0.15) is 0 Å². The predicted octanol–water partition coefficient (Wildman–Crippen LogP) is 28.0. The summed E-state index contributed by atoms with van der Waals surface area (Å²) in [5.41, 5.74) is 18.9. The third-order valence-corrected chi connectivity index (χ3v) is 21.7. The molecule has 0 aliphatic heterocycles. The zero-order chi connectivity index (χ0) is 64.9. The van der Waals surface area contributed by atoms with Crippen LogP contribution in [0.3, 0.4) is 0 Å². The molecular formula is C94H62N2S2. The zero-order valence-corrected chi connectivity index (χ0v) is 55.1. The number of hydrogen-bond acceptors (Lipinski definition) is 4. The summed E-state index contributed by atoms with van der Waals surface area (Å²) in [7, 11) is 0. The summed E-state index contributed by atoms with van der Waals surface area (Å²) < 4.78 is 5.39. The van der Waals surface area contributed by atoms with Crippen LogP contribution in [0.25, 0.3) is 139 Å². The van der Waals surface area contributed by atoms with Crippen molar-refractivity contribution in [3.05, 3.63) is 376 Å². The molecule has 19 rings (SSSR count). The highest BCUT2D eigenvalue weighted by Gasteiger charge is 2.20. The number of hydrogen-bond donors (Lipinski definition) is 0. The van der Waals surface area contributed by atoms with Crippen molar-refractivity contribution in [2.45, 2.75) is 0 Å². The van der Waals surface area contributed by atoms with E-state index in [0.717, 1.165) is 34.1 Å². The molecule has 0 fully saturated rings. The van der Waals surface area contributed by atoms with Crippen LogP contribution in [-0.2, 0) is 0 Å². The molecule has 0 unspecified atom stereocenters. The molecule has 0 amide bonds. The summed E-state index contributed by atoms with van der Waals surface area (Å²) in [5, 5.41) is 15.6. The van der Waals surface area contributed by atoms with Crippen molar-refractivity contribution in [2.24, 2.45) is 0 Å². The summed E-state index contributed by atoms with van der Waals surface area (Å²) in [4.78, 5) is 4.73. The van der Waals surface area contributed by atoms with Crippen LogP contribution >= 0.6 is 22.7 Å². The highest BCUT2D eigenvalue weighted by atomic mass is 32.1. The van der Waals surface area contributed by atoms with E-state index in [1.165, 1.54) is 139 Å². The van der Waals surface area contributed by atoms with E-state index in [1.807, 2.05) is 22.7 Å². The minimum absolute atomic E-state index is 1.11. The molecule has 98 heavy (non-hydrogen) atoms. The van der Waals surface area contributed by atoms with Crippen molar-refractivity contribution in [1.82, 2.24) is 0 Å². The van der Waals surface area contributed by atoms with E-state index < -0.39 is 0 Å². The minimum atomic E-state index is 1.11. The highest BCUT2D eigenvalue weighted by molar-refractivity contribution is 7.27. The maximum atomic E-state index is 2.38. The molecule has 2 heterocycles. The van der Waals surface area contributed by atoms with Crippen LogP contribution in [0.1, 0.15) is 0 Å². The third kappa shape index (κ3) is 10.9. The van der Waals surface area contributed by atoms with Gasteiger partial charge in [-0.05, 0) is 185 Å². The third-order valence-electron chi connectivity index (χ3n) is 19.3. The second-order valence-corrected chi connectivity index (χ2v) is 27.2. The first-order valence-corrected chi connectivity index (χ1v) is 35.1. The molecule has 0 saturated heterocycles. The molecule has 2 aromatic heterocycles. The fourth-order valence-corrected chi connectivity index (χ4v) is 17.0. The summed E-state index contributed by atoms with van der Waals surface area (Å²) >= 11 is 3.80. The zero-order valence-electron chi connectivity index (χ0n) is 53.5. The quantitative estimate of drug-likeness (QED) is 0.119. The van der Waals surface area contributed by atoms with E-state index in [4.69, 9.17) is 0 Å². The van der Waals surface area contributed by atoms with Gasteiger partial charge in [0.15, 0.2) is 0 Å². The van der Waals surface area contributed by atoms with Gasteiger partial charge in [0.25, 0.3) is 0 Å². The van der Waals surface area contributed by atoms with Crippen LogP contribution in [0.15, 0.2) is 376 Å². The van der Waals surface area contributed by atoms with E-state index in [-0.39, 0.29) is 0 Å². The Morgan fingerprint density at radius 1 is 0.163 bits per heavy atom. The molecule has 4 heteroatoms. The van der Waals surface area contributed by atoms with Crippen molar-refractivity contribution in [3.63, 3.8) is 0 Å². The summed E-state index contributed by atoms with van der Waals surface area (Å²) in [6, 6.07) is 137. The highest BCUT2D eigenvalue weighted by Crippen LogP contribution is 2.46. The average Bonchev–Trinajstić information content (AvgIpc) is 1.50. The van der Waals surface area contributed by atoms with Crippen molar-refractivity contribution < 1.29 is 0 Å². The monoisotopic (exact) mass is 1280 g/mol. The number of rotatable bonds is 11. The number of para-hydroxylation sites is 1. The lowest BCUT2D eigenvalue weighted by Crippen LogP contribution is -2.09. The normalized spacial score (nSPS) is 11.5. The minimum Gasteiger partial charge on any atom is -0.310 e. The van der Waals surface area contributed by atoms with E-state index in [0.29, 0.717) is 0 Å². The molecule has 0 saturated carbocycles. The molecule has 0 aliphatic rings. The van der Waals surface area contributed by atoms with Gasteiger partial charge in [-0.15, -0.1) is 22.7 Å². The van der Waals surface area contributed by atoms with E-state index in [9.17, 15) is 0 Å². The van der Waals surface area contributed by atoms with Crippen LogP contribution in [-0.4, -0.2) is 0 Å². The summed E-state index contributed by atoms with van der Waals surface area (Å²) in [6.45, 7) is 0. The molecule has 0 spiro atoms. The van der Waals surface area contributed by atoms with Gasteiger partial charge in [-0.1, -0.05) is 279 Å². The first kappa shape index (κ1) is 58.4. The first-order chi connectivity index (χ1) is 48.6. The molecular weight excluding hydrogens is 1220 g/mol. The van der Waals surface area contributed by atoms with Crippen LogP contribution in [0.2, 0.25) is 0 Å². The maximum absolute atomic E-state index is 2.38. The molecule has 0 atom stereocenters. The molecule has 0 bridgehead atoms. The molecule has 2 nitrogen and oxygen atoms in total. The van der Waals surface area contributed by atoms with Gasteiger partial charge in [0.05, 0.1) is 0 Å².